The molecule has 0 bridgehead atoms. The molecular formula is C17H17BrN2O4. The minimum Gasteiger partial charge on any atom is -1.00 e. The lowest BCUT2D eigenvalue weighted by Crippen LogP contribution is -3.00. The molecule has 3 rings (SSSR count). The monoisotopic (exact) mass is 392 g/mol. The Labute approximate surface area is 149 Å². The van der Waals surface area contributed by atoms with E-state index in [-0.39, 0.29) is 35.4 Å². The van der Waals surface area contributed by atoms with Gasteiger partial charge in [0.15, 0.2) is 18.1 Å². The minimum atomic E-state index is -1.56. The number of carbonyl (C=O) groups excluding carboxylic acids is 2. The molecule has 1 unspecified atom stereocenters. The van der Waals surface area contributed by atoms with Gasteiger partial charge in [-0.05, 0) is 6.92 Å². The molecule has 1 aliphatic heterocycles. The molecule has 1 aromatic carbocycles. The van der Waals surface area contributed by atoms with Crippen molar-refractivity contribution in [2.75, 3.05) is 6.61 Å². The fourth-order valence-electron chi connectivity index (χ4n) is 2.69. The van der Waals surface area contributed by atoms with E-state index in [9.17, 15) is 14.7 Å². The first kappa shape index (κ1) is 18.1. The van der Waals surface area contributed by atoms with E-state index >= 15 is 0 Å². The first-order valence-electron chi connectivity index (χ1n) is 7.34. The molecule has 1 atom stereocenters. The Morgan fingerprint density at radius 1 is 1.29 bits per heavy atom. The summed E-state index contributed by atoms with van der Waals surface area (Å²) in [6.07, 6.45) is 3.19. The number of fused-ring (bicyclic) bond motifs is 1. The van der Waals surface area contributed by atoms with Crippen molar-refractivity contribution in [3.05, 3.63) is 65.5 Å². The number of ether oxygens (including phenoxy) is 1. The number of hydrogen-bond acceptors (Lipinski definition) is 4. The maximum Gasteiger partial charge on any atom is 0.372 e. The first-order valence-corrected chi connectivity index (χ1v) is 7.34. The number of benzene rings is 1. The normalized spacial score (nSPS) is 18.3. The second-order valence-corrected chi connectivity index (χ2v) is 5.28. The Morgan fingerprint density at radius 2 is 2.00 bits per heavy atom. The first-order chi connectivity index (χ1) is 11.0. The molecule has 6 nitrogen and oxygen atoms in total. The average molecular weight is 393 g/mol. The summed E-state index contributed by atoms with van der Waals surface area (Å²) in [7, 11) is 0. The standard InChI is InChI=1S/C17H16N2O4.BrH/c1-2-23-15(20)11-19-9-8-14-13(10-19)16(21)18-17(14,22)12-6-4-3-5-7-12;/h3-10,22H,2,11H2,1H3;1H. The molecule has 0 spiro atoms. The summed E-state index contributed by atoms with van der Waals surface area (Å²) in [4.78, 5) is 23.8. The highest BCUT2D eigenvalue weighted by atomic mass is 79.9. The Balaban J connectivity index is 0.00000208. The van der Waals surface area contributed by atoms with Crippen LogP contribution in [0.15, 0.2) is 48.8 Å². The molecule has 1 aliphatic rings. The number of carbonyl (C=O) groups is 2. The molecule has 24 heavy (non-hydrogen) atoms. The van der Waals surface area contributed by atoms with Crippen LogP contribution in [-0.4, -0.2) is 23.6 Å². The van der Waals surface area contributed by atoms with Crippen molar-refractivity contribution in [3.63, 3.8) is 0 Å². The van der Waals surface area contributed by atoms with Gasteiger partial charge in [-0.25, -0.2) is 4.79 Å². The minimum absolute atomic E-state index is 0. The fourth-order valence-corrected chi connectivity index (χ4v) is 2.69. The third-order valence-electron chi connectivity index (χ3n) is 3.76. The summed E-state index contributed by atoms with van der Waals surface area (Å²) in [5, 5.41) is 13.5. The van der Waals surface area contributed by atoms with E-state index in [1.165, 1.54) is 0 Å². The van der Waals surface area contributed by atoms with Gasteiger partial charge >= 0.3 is 5.97 Å². The number of rotatable bonds is 4. The number of nitrogens with zero attached hydrogens (tertiary/aromatic N) is 1. The largest absolute Gasteiger partial charge is 1.00 e. The van der Waals surface area contributed by atoms with Crippen LogP contribution in [-0.2, 0) is 21.8 Å². The Bertz CT molecular complexity index is 766. The predicted octanol–water partition coefficient (Wildman–Crippen LogP) is -2.52. The second kappa shape index (κ2) is 7.11. The van der Waals surface area contributed by atoms with Gasteiger partial charge in [-0.3, -0.25) is 4.79 Å². The van der Waals surface area contributed by atoms with E-state index in [2.05, 4.69) is 5.32 Å². The molecule has 0 saturated carbocycles. The third-order valence-corrected chi connectivity index (χ3v) is 3.76. The summed E-state index contributed by atoms with van der Waals surface area (Å²) in [6.45, 7) is 2.05. The van der Waals surface area contributed by atoms with Crippen molar-refractivity contribution in [3.8, 4) is 0 Å². The zero-order chi connectivity index (χ0) is 16.4. The smallest absolute Gasteiger partial charge is 0.372 e. The Hall–Kier alpha value is -2.25. The lowest BCUT2D eigenvalue weighted by Gasteiger charge is -2.23. The van der Waals surface area contributed by atoms with Crippen molar-refractivity contribution >= 4 is 11.9 Å². The average Bonchev–Trinajstić information content (AvgIpc) is 2.80. The summed E-state index contributed by atoms with van der Waals surface area (Å²) < 4.78 is 6.46. The second-order valence-electron chi connectivity index (χ2n) is 5.28. The summed E-state index contributed by atoms with van der Waals surface area (Å²) in [5.74, 6) is -0.765. The van der Waals surface area contributed by atoms with Gasteiger partial charge < -0.3 is 32.1 Å². The van der Waals surface area contributed by atoms with Crippen LogP contribution >= 0.6 is 0 Å². The highest BCUT2D eigenvalue weighted by Gasteiger charge is 2.44. The van der Waals surface area contributed by atoms with Gasteiger partial charge in [0.2, 0.25) is 6.54 Å². The van der Waals surface area contributed by atoms with E-state index < -0.39 is 5.72 Å². The molecule has 1 aromatic heterocycles. The highest BCUT2D eigenvalue weighted by molar-refractivity contribution is 5.99. The van der Waals surface area contributed by atoms with E-state index in [0.717, 1.165) is 0 Å². The van der Waals surface area contributed by atoms with Crippen LogP contribution in [0.5, 0.6) is 0 Å². The van der Waals surface area contributed by atoms with Gasteiger partial charge in [0, 0.05) is 17.2 Å². The third kappa shape index (κ3) is 3.18. The van der Waals surface area contributed by atoms with Crippen LogP contribution in [0.3, 0.4) is 0 Å². The molecule has 2 N–H and O–H groups in total. The maximum atomic E-state index is 12.2. The maximum absolute atomic E-state index is 12.2. The van der Waals surface area contributed by atoms with E-state index in [1.54, 1.807) is 54.2 Å². The van der Waals surface area contributed by atoms with Crippen LogP contribution in [0, 0.1) is 0 Å². The number of amides is 1. The molecule has 0 fully saturated rings. The van der Waals surface area contributed by atoms with Gasteiger partial charge in [0.25, 0.3) is 5.91 Å². The van der Waals surface area contributed by atoms with Crippen LogP contribution in [0.25, 0.3) is 0 Å². The van der Waals surface area contributed by atoms with Gasteiger partial charge in [-0.2, -0.15) is 4.57 Å². The summed E-state index contributed by atoms with van der Waals surface area (Å²) in [5.41, 5.74) is -0.177. The fraction of sp³-hybridized carbons (Fsp3) is 0.235. The molecule has 126 valence electrons. The zero-order valence-corrected chi connectivity index (χ0v) is 14.6. The number of nitrogens with one attached hydrogen (secondary N) is 1. The molecule has 0 radical (unpaired) electrons. The van der Waals surface area contributed by atoms with Crippen molar-refractivity contribution in [1.82, 2.24) is 5.32 Å². The molecule has 2 aromatic rings. The van der Waals surface area contributed by atoms with Gasteiger partial charge in [0.05, 0.1) is 6.61 Å². The quantitative estimate of drug-likeness (QED) is 0.444. The van der Waals surface area contributed by atoms with Crippen LogP contribution in [0.2, 0.25) is 0 Å². The van der Waals surface area contributed by atoms with Gasteiger partial charge in [-0.1, -0.05) is 30.3 Å². The van der Waals surface area contributed by atoms with Crippen molar-refractivity contribution < 1.29 is 41.0 Å². The number of hydrogen-bond donors (Lipinski definition) is 2. The predicted molar refractivity (Wildman–Crippen MR) is 80.2 cm³/mol. The van der Waals surface area contributed by atoms with Crippen molar-refractivity contribution in [2.45, 2.75) is 19.2 Å². The molecular weight excluding hydrogens is 376 g/mol. The topological polar surface area (TPSA) is 79.5 Å². The number of esters is 1. The SMILES string of the molecule is CCOC(=O)C[n+]1ccc2c(c1)C(=O)NC2(O)c1ccccc1.[Br-]. The van der Waals surface area contributed by atoms with Gasteiger partial charge in [0.1, 0.15) is 5.56 Å². The summed E-state index contributed by atoms with van der Waals surface area (Å²) in [6, 6.07) is 10.6. The number of pyridine rings is 1. The van der Waals surface area contributed by atoms with Crippen molar-refractivity contribution in [2.24, 2.45) is 0 Å². The van der Waals surface area contributed by atoms with Crippen LogP contribution in [0.1, 0.15) is 28.4 Å². The van der Waals surface area contributed by atoms with E-state index in [4.69, 9.17) is 4.74 Å². The van der Waals surface area contributed by atoms with Crippen LogP contribution in [0.4, 0.5) is 0 Å². The number of halogens is 1. The summed E-state index contributed by atoms with van der Waals surface area (Å²) >= 11 is 0. The van der Waals surface area contributed by atoms with Gasteiger partial charge in [-0.15, -0.1) is 0 Å². The van der Waals surface area contributed by atoms with E-state index in [0.29, 0.717) is 23.3 Å². The number of aromatic nitrogens is 1. The van der Waals surface area contributed by atoms with Crippen LogP contribution < -0.4 is 26.9 Å². The molecule has 1 amide bonds. The lowest BCUT2D eigenvalue weighted by atomic mass is 9.96. The lowest BCUT2D eigenvalue weighted by molar-refractivity contribution is -0.686. The Kier molecular flexibility index (Phi) is 5.36. The number of aliphatic hydroxyl groups is 1. The molecule has 7 heteroatoms. The molecule has 0 saturated heterocycles. The zero-order valence-electron chi connectivity index (χ0n) is 13.0. The Morgan fingerprint density at radius 3 is 2.67 bits per heavy atom. The molecule has 0 aliphatic carbocycles. The van der Waals surface area contributed by atoms with E-state index in [1.807, 2.05) is 6.07 Å². The molecule has 2 heterocycles. The van der Waals surface area contributed by atoms with Crippen molar-refractivity contribution in [1.29, 1.82) is 0 Å². The highest BCUT2D eigenvalue weighted by Crippen LogP contribution is 2.33.